The van der Waals surface area contributed by atoms with Crippen molar-refractivity contribution in [3.63, 3.8) is 0 Å². The largest absolute Gasteiger partial charge is 0.508 e. The first-order valence-corrected chi connectivity index (χ1v) is 7.16. The molecule has 98 valence electrons. The molecule has 1 unspecified atom stereocenters. The van der Waals surface area contributed by atoms with Gasteiger partial charge in [-0.1, -0.05) is 6.07 Å². The Kier molecular flexibility index (Phi) is 2.86. The Morgan fingerprint density at radius 2 is 2.11 bits per heavy atom. The molecule has 0 radical (unpaired) electrons. The zero-order chi connectivity index (χ0) is 12.8. The molecule has 0 aromatic heterocycles. The first kappa shape index (κ1) is 12.0. The number of hydrogen-bond donors (Lipinski definition) is 1. The second-order valence-electron chi connectivity index (χ2n) is 6.40. The minimum Gasteiger partial charge on any atom is -0.508 e. The smallest absolute Gasteiger partial charge is 0.115 e. The van der Waals surface area contributed by atoms with Gasteiger partial charge in [0.25, 0.3) is 0 Å². The predicted molar refractivity (Wildman–Crippen MR) is 73.8 cm³/mol. The summed E-state index contributed by atoms with van der Waals surface area (Å²) in [5, 5.41) is 9.76. The second kappa shape index (κ2) is 4.27. The van der Waals surface area contributed by atoms with E-state index >= 15 is 0 Å². The van der Waals surface area contributed by atoms with Crippen molar-refractivity contribution >= 4 is 0 Å². The van der Waals surface area contributed by atoms with E-state index in [1.54, 1.807) is 0 Å². The number of rotatable bonds is 1. The highest BCUT2D eigenvalue weighted by Crippen LogP contribution is 2.43. The van der Waals surface area contributed by atoms with Crippen LogP contribution in [0.5, 0.6) is 5.75 Å². The second-order valence-corrected chi connectivity index (χ2v) is 6.40. The maximum atomic E-state index is 9.76. The number of aromatic hydroxyl groups is 1. The van der Waals surface area contributed by atoms with Crippen molar-refractivity contribution in [2.24, 2.45) is 0 Å². The maximum absolute atomic E-state index is 9.76. The van der Waals surface area contributed by atoms with Gasteiger partial charge in [0.2, 0.25) is 0 Å². The predicted octanol–water partition coefficient (Wildman–Crippen LogP) is 3.64. The van der Waals surface area contributed by atoms with Crippen LogP contribution in [0.15, 0.2) is 18.2 Å². The van der Waals surface area contributed by atoms with Crippen LogP contribution in [0.1, 0.15) is 56.7 Å². The normalized spacial score (nSPS) is 27.1. The summed E-state index contributed by atoms with van der Waals surface area (Å²) in [5.41, 5.74) is 3.12. The monoisotopic (exact) mass is 245 g/mol. The fourth-order valence-electron chi connectivity index (χ4n) is 3.79. The van der Waals surface area contributed by atoms with Crippen LogP contribution in [0.3, 0.4) is 0 Å². The van der Waals surface area contributed by atoms with E-state index in [0.717, 1.165) is 0 Å². The lowest BCUT2D eigenvalue weighted by Crippen LogP contribution is -2.42. The van der Waals surface area contributed by atoms with E-state index in [2.05, 4.69) is 24.8 Å². The maximum Gasteiger partial charge on any atom is 0.115 e. The van der Waals surface area contributed by atoms with Crippen LogP contribution in [0.25, 0.3) is 0 Å². The van der Waals surface area contributed by atoms with E-state index in [0.29, 0.717) is 17.3 Å². The lowest BCUT2D eigenvalue weighted by molar-refractivity contribution is 0.103. The van der Waals surface area contributed by atoms with Gasteiger partial charge >= 0.3 is 0 Å². The molecule has 2 nitrogen and oxygen atoms in total. The summed E-state index contributed by atoms with van der Waals surface area (Å²) in [5.74, 6) is 0.414. The average molecular weight is 245 g/mol. The molecular formula is C16H23NO. The Labute approximate surface area is 110 Å². The van der Waals surface area contributed by atoms with Crippen LogP contribution in [-0.2, 0) is 6.42 Å². The lowest BCUT2D eigenvalue weighted by Gasteiger charge is -2.41. The number of benzene rings is 1. The Balaban J connectivity index is 1.98. The van der Waals surface area contributed by atoms with Gasteiger partial charge in [-0.2, -0.15) is 0 Å². The zero-order valence-electron chi connectivity index (χ0n) is 11.4. The molecule has 0 bridgehead atoms. The van der Waals surface area contributed by atoms with Gasteiger partial charge in [-0.25, -0.2) is 0 Å². The van der Waals surface area contributed by atoms with Crippen LogP contribution in [0, 0.1) is 0 Å². The fourth-order valence-corrected chi connectivity index (χ4v) is 3.79. The third-order valence-corrected chi connectivity index (χ3v) is 4.75. The van der Waals surface area contributed by atoms with Gasteiger partial charge < -0.3 is 5.11 Å². The highest BCUT2D eigenvalue weighted by molar-refractivity contribution is 5.39. The molecule has 1 aliphatic carbocycles. The number of hydrogen-bond acceptors (Lipinski definition) is 2. The lowest BCUT2D eigenvalue weighted by atomic mass is 9.85. The van der Waals surface area contributed by atoms with Crippen molar-refractivity contribution in [2.45, 2.75) is 57.5 Å². The fraction of sp³-hybridized carbons (Fsp3) is 0.625. The molecule has 0 amide bonds. The molecule has 0 saturated carbocycles. The molecule has 18 heavy (non-hydrogen) atoms. The van der Waals surface area contributed by atoms with Gasteiger partial charge in [-0.05, 0) is 75.8 Å². The van der Waals surface area contributed by atoms with Crippen molar-refractivity contribution in [3.05, 3.63) is 29.3 Å². The summed E-state index contributed by atoms with van der Waals surface area (Å²) in [7, 11) is 0. The Morgan fingerprint density at radius 1 is 1.28 bits per heavy atom. The SMILES string of the molecule is CC1(C)CCCN1C1CCCc2ccc(O)cc21. The number of aryl methyl sites for hydroxylation is 1. The highest BCUT2D eigenvalue weighted by atomic mass is 16.3. The van der Waals surface area contributed by atoms with Crippen molar-refractivity contribution in [1.82, 2.24) is 4.90 Å². The Bertz CT molecular complexity index is 452. The molecule has 1 aromatic rings. The van der Waals surface area contributed by atoms with Crippen LogP contribution in [-0.4, -0.2) is 22.1 Å². The first-order valence-electron chi connectivity index (χ1n) is 7.16. The standard InChI is InChI=1S/C16H23NO/c1-16(2)9-4-10-17(16)15-6-3-5-12-7-8-13(18)11-14(12)15/h7-8,11,15,18H,3-6,9-10H2,1-2H3. The summed E-state index contributed by atoms with van der Waals surface area (Å²) in [6.07, 6.45) is 6.27. The topological polar surface area (TPSA) is 23.5 Å². The number of phenolic OH excluding ortho intramolecular Hbond substituents is 1. The van der Waals surface area contributed by atoms with Crippen molar-refractivity contribution in [2.75, 3.05) is 6.54 Å². The van der Waals surface area contributed by atoms with Gasteiger partial charge in [0, 0.05) is 11.6 Å². The molecule has 1 aliphatic heterocycles. The van der Waals surface area contributed by atoms with E-state index in [9.17, 15) is 5.11 Å². The zero-order valence-corrected chi connectivity index (χ0v) is 11.4. The number of likely N-dealkylation sites (tertiary alicyclic amines) is 1. The molecule has 1 heterocycles. The molecule has 2 aliphatic rings. The summed E-state index contributed by atoms with van der Waals surface area (Å²) in [6, 6.07) is 6.45. The highest BCUT2D eigenvalue weighted by Gasteiger charge is 2.38. The molecular weight excluding hydrogens is 222 g/mol. The van der Waals surface area contributed by atoms with Gasteiger partial charge in [-0.15, -0.1) is 0 Å². The third-order valence-electron chi connectivity index (χ3n) is 4.75. The molecule has 3 rings (SSSR count). The van der Waals surface area contributed by atoms with Gasteiger partial charge in [0.15, 0.2) is 0 Å². The van der Waals surface area contributed by atoms with E-state index in [1.165, 1.54) is 49.8 Å². The number of fused-ring (bicyclic) bond motifs is 1. The first-order chi connectivity index (χ1) is 8.58. The molecule has 2 heteroatoms. The summed E-state index contributed by atoms with van der Waals surface area (Å²) in [4.78, 5) is 2.66. The summed E-state index contributed by atoms with van der Waals surface area (Å²) in [6.45, 7) is 5.92. The molecule has 0 spiro atoms. The van der Waals surface area contributed by atoms with Crippen LogP contribution in [0.2, 0.25) is 0 Å². The van der Waals surface area contributed by atoms with Crippen LogP contribution < -0.4 is 0 Å². The number of nitrogens with zero attached hydrogens (tertiary/aromatic N) is 1. The molecule has 1 N–H and O–H groups in total. The van der Waals surface area contributed by atoms with Crippen LogP contribution >= 0.6 is 0 Å². The molecule has 1 aromatic carbocycles. The minimum atomic E-state index is 0.310. The van der Waals surface area contributed by atoms with Crippen molar-refractivity contribution in [3.8, 4) is 5.75 Å². The number of phenols is 1. The molecule has 1 fully saturated rings. The minimum absolute atomic E-state index is 0.310. The molecule has 1 saturated heterocycles. The summed E-state index contributed by atoms with van der Waals surface area (Å²) >= 11 is 0. The van der Waals surface area contributed by atoms with Gasteiger partial charge in [-0.3, -0.25) is 4.90 Å². The van der Waals surface area contributed by atoms with Gasteiger partial charge in [0.05, 0.1) is 0 Å². The Morgan fingerprint density at radius 3 is 2.83 bits per heavy atom. The Hall–Kier alpha value is -1.02. The molecule has 1 atom stereocenters. The van der Waals surface area contributed by atoms with Crippen molar-refractivity contribution < 1.29 is 5.11 Å². The van der Waals surface area contributed by atoms with E-state index in [-0.39, 0.29) is 0 Å². The quantitative estimate of drug-likeness (QED) is 0.816. The summed E-state index contributed by atoms with van der Waals surface area (Å²) < 4.78 is 0. The van der Waals surface area contributed by atoms with Crippen molar-refractivity contribution in [1.29, 1.82) is 0 Å². The average Bonchev–Trinajstić information content (AvgIpc) is 2.68. The third kappa shape index (κ3) is 1.93. The van der Waals surface area contributed by atoms with E-state index in [4.69, 9.17) is 0 Å². The van der Waals surface area contributed by atoms with E-state index in [1.807, 2.05) is 12.1 Å². The van der Waals surface area contributed by atoms with Crippen LogP contribution in [0.4, 0.5) is 0 Å². The van der Waals surface area contributed by atoms with Gasteiger partial charge in [0.1, 0.15) is 5.75 Å². The van der Waals surface area contributed by atoms with E-state index < -0.39 is 0 Å².